The molecule has 0 spiro atoms. The minimum Gasteiger partial charge on any atom is -0.389 e. The third-order valence-electron chi connectivity index (χ3n) is 3.15. The van der Waals surface area contributed by atoms with Crippen molar-refractivity contribution in [2.45, 2.75) is 37.1 Å². The van der Waals surface area contributed by atoms with Crippen LogP contribution >= 0.6 is 0 Å². The van der Waals surface area contributed by atoms with E-state index < -0.39 is 22.5 Å². The van der Waals surface area contributed by atoms with Crippen LogP contribution < -0.4 is 0 Å². The second-order valence-corrected chi connectivity index (χ2v) is 6.63. The van der Waals surface area contributed by atoms with E-state index in [0.717, 1.165) is 5.56 Å². The van der Waals surface area contributed by atoms with Gasteiger partial charge in [0.15, 0.2) is 6.29 Å². The highest BCUT2D eigenvalue weighted by Gasteiger charge is 2.14. The van der Waals surface area contributed by atoms with Crippen molar-refractivity contribution in [3.8, 4) is 0 Å². The van der Waals surface area contributed by atoms with Crippen LogP contribution in [-0.4, -0.2) is 46.7 Å². The van der Waals surface area contributed by atoms with Crippen molar-refractivity contribution in [1.82, 2.24) is 0 Å². The Morgan fingerprint density at radius 1 is 1.17 bits per heavy atom. The normalized spacial score (nSPS) is 13.8. The summed E-state index contributed by atoms with van der Waals surface area (Å²) in [5.41, 5.74) is 0.978. The van der Waals surface area contributed by atoms with Crippen LogP contribution in [0.25, 0.3) is 0 Å². The predicted octanol–water partition coefficient (Wildman–Crippen LogP) is 2.02. The summed E-state index contributed by atoms with van der Waals surface area (Å²) in [5, 5.41) is 9.74. The van der Waals surface area contributed by atoms with Gasteiger partial charge in [-0.1, -0.05) is 29.8 Å². The molecule has 0 saturated carbocycles. The first kappa shape index (κ1) is 19.8. The average Bonchev–Trinajstić information content (AvgIpc) is 2.52. The summed E-state index contributed by atoms with van der Waals surface area (Å²) in [5.74, 6) is 0. The van der Waals surface area contributed by atoms with E-state index in [-0.39, 0.29) is 11.5 Å². The van der Waals surface area contributed by atoms with Gasteiger partial charge in [0.2, 0.25) is 0 Å². The van der Waals surface area contributed by atoms with Crippen molar-refractivity contribution in [2.24, 2.45) is 0 Å². The van der Waals surface area contributed by atoms with Gasteiger partial charge in [-0.15, -0.1) is 0 Å². The van der Waals surface area contributed by atoms with Crippen LogP contribution in [0.4, 0.5) is 0 Å². The molecule has 1 atom stereocenters. The van der Waals surface area contributed by atoms with Gasteiger partial charge in [0.1, 0.15) is 0 Å². The van der Waals surface area contributed by atoms with Gasteiger partial charge in [-0.25, -0.2) is 0 Å². The Morgan fingerprint density at radius 3 is 2.35 bits per heavy atom. The number of hydrogen-bond acceptors (Lipinski definition) is 6. The van der Waals surface area contributed by atoms with Gasteiger partial charge in [0.05, 0.1) is 17.6 Å². The maximum atomic E-state index is 11.9. The lowest BCUT2D eigenvalue weighted by Gasteiger charge is -2.15. The molecule has 130 valence electrons. The second kappa shape index (κ2) is 9.79. The molecule has 6 nitrogen and oxygen atoms in total. The molecule has 0 radical (unpaired) electrons. The molecule has 7 heteroatoms. The summed E-state index contributed by atoms with van der Waals surface area (Å²) in [6.07, 6.45) is 2.69. The largest absolute Gasteiger partial charge is 0.389 e. The second-order valence-electron chi connectivity index (χ2n) is 5.01. The number of aliphatic hydroxyl groups is 1. The molecule has 1 aromatic carbocycles. The van der Waals surface area contributed by atoms with E-state index >= 15 is 0 Å². The van der Waals surface area contributed by atoms with E-state index in [1.54, 1.807) is 24.3 Å². The van der Waals surface area contributed by atoms with Crippen molar-refractivity contribution >= 4 is 10.1 Å². The van der Waals surface area contributed by atoms with E-state index in [1.807, 2.05) is 6.92 Å². The Morgan fingerprint density at radius 2 is 1.78 bits per heavy atom. The Labute approximate surface area is 137 Å². The van der Waals surface area contributed by atoms with Crippen LogP contribution in [0.1, 0.15) is 18.4 Å². The van der Waals surface area contributed by atoms with Gasteiger partial charge in [-0.3, -0.25) is 4.18 Å². The summed E-state index contributed by atoms with van der Waals surface area (Å²) in [6, 6.07) is 6.46. The van der Waals surface area contributed by atoms with Crippen molar-refractivity contribution in [2.75, 3.05) is 20.8 Å². The number of ether oxygens (including phenoxy) is 2. The van der Waals surface area contributed by atoms with Crippen LogP contribution in [0.5, 0.6) is 0 Å². The van der Waals surface area contributed by atoms with E-state index in [1.165, 1.54) is 26.4 Å². The molecule has 0 aliphatic heterocycles. The number of methoxy groups -OCH3 is 2. The highest BCUT2D eigenvalue weighted by atomic mass is 32.2. The first-order valence-electron chi connectivity index (χ1n) is 7.25. The summed E-state index contributed by atoms with van der Waals surface area (Å²) in [4.78, 5) is 0.134. The minimum absolute atomic E-state index is 0.0113. The third kappa shape index (κ3) is 7.24. The fourth-order valence-electron chi connectivity index (χ4n) is 1.82. The lowest BCUT2D eigenvalue weighted by atomic mass is 10.2. The summed E-state index contributed by atoms with van der Waals surface area (Å²) < 4.78 is 38.8. The van der Waals surface area contributed by atoms with Crippen LogP contribution in [-0.2, 0) is 23.8 Å². The first-order chi connectivity index (χ1) is 10.9. The van der Waals surface area contributed by atoms with Crippen molar-refractivity contribution in [3.63, 3.8) is 0 Å². The average molecular weight is 344 g/mol. The van der Waals surface area contributed by atoms with Gasteiger partial charge < -0.3 is 14.6 Å². The molecule has 0 aliphatic rings. The highest BCUT2D eigenvalue weighted by Crippen LogP contribution is 2.13. The van der Waals surface area contributed by atoms with Crippen LogP contribution in [0.3, 0.4) is 0 Å². The Balaban J connectivity index is 2.38. The number of benzene rings is 1. The molecule has 0 amide bonds. The zero-order chi connectivity index (χ0) is 17.3. The lowest BCUT2D eigenvalue weighted by Crippen LogP contribution is -2.19. The molecule has 0 fully saturated rings. The quantitative estimate of drug-likeness (QED) is 0.303. The molecule has 23 heavy (non-hydrogen) atoms. The number of aryl methyl sites for hydroxylation is 1. The fourth-order valence-corrected chi connectivity index (χ4v) is 2.74. The van der Waals surface area contributed by atoms with Gasteiger partial charge in [-0.2, -0.15) is 8.42 Å². The molecule has 0 bridgehead atoms. The molecule has 0 aliphatic carbocycles. The summed E-state index contributed by atoms with van der Waals surface area (Å²) in [6.45, 7) is 1.89. The standard InChI is InChI=1S/C16H24O6S/c1-13-7-9-15(10-8-13)23(18,19)22-11-5-4-6-14(17)12-16(20-2)21-3/h4,6-10,14,16-17H,5,11-12H2,1-3H3/b6-4+/t14-/m0/s1. The zero-order valence-corrected chi connectivity index (χ0v) is 14.5. The van der Waals surface area contributed by atoms with Gasteiger partial charge in [-0.05, 0) is 25.5 Å². The van der Waals surface area contributed by atoms with Gasteiger partial charge >= 0.3 is 0 Å². The Hall–Kier alpha value is -1.25. The van der Waals surface area contributed by atoms with E-state index in [0.29, 0.717) is 12.8 Å². The molecule has 0 unspecified atom stereocenters. The zero-order valence-electron chi connectivity index (χ0n) is 13.6. The van der Waals surface area contributed by atoms with Crippen LogP contribution in [0.15, 0.2) is 41.3 Å². The smallest absolute Gasteiger partial charge is 0.296 e. The number of aliphatic hydroxyl groups excluding tert-OH is 1. The summed E-state index contributed by atoms with van der Waals surface area (Å²) in [7, 11) is -0.752. The van der Waals surface area contributed by atoms with E-state index in [9.17, 15) is 13.5 Å². The monoisotopic (exact) mass is 344 g/mol. The maximum absolute atomic E-state index is 11.9. The van der Waals surface area contributed by atoms with Crippen LogP contribution in [0.2, 0.25) is 0 Å². The maximum Gasteiger partial charge on any atom is 0.296 e. The predicted molar refractivity (Wildman–Crippen MR) is 86.5 cm³/mol. The molecule has 0 aromatic heterocycles. The van der Waals surface area contributed by atoms with Crippen molar-refractivity contribution in [3.05, 3.63) is 42.0 Å². The lowest BCUT2D eigenvalue weighted by molar-refractivity contribution is -0.118. The van der Waals surface area contributed by atoms with E-state index in [4.69, 9.17) is 13.7 Å². The van der Waals surface area contributed by atoms with Gasteiger partial charge in [0.25, 0.3) is 10.1 Å². The van der Waals surface area contributed by atoms with E-state index in [2.05, 4.69) is 0 Å². The molecule has 1 rings (SSSR count). The molecular weight excluding hydrogens is 320 g/mol. The Kier molecular flexibility index (Phi) is 8.43. The minimum atomic E-state index is -3.74. The topological polar surface area (TPSA) is 82.1 Å². The third-order valence-corrected chi connectivity index (χ3v) is 4.48. The molecule has 0 saturated heterocycles. The Bertz CT molecular complexity index is 575. The molecular formula is C16H24O6S. The van der Waals surface area contributed by atoms with Gasteiger partial charge in [0, 0.05) is 20.6 Å². The summed E-state index contributed by atoms with van der Waals surface area (Å²) >= 11 is 0. The highest BCUT2D eigenvalue weighted by molar-refractivity contribution is 7.86. The number of rotatable bonds is 10. The molecule has 1 aromatic rings. The molecule has 1 N–H and O–H groups in total. The van der Waals surface area contributed by atoms with Crippen molar-refractivity contribution < 1.29 is 27.2 Å². The number of hydrogen-bond donors (Lipinski definition) is 1. The SMILES string of the molecule is COC(C[C@@H](O)/C=C/CCOS(=O)(=O)c1ccc(C)cc1)OC. The van der Waals surface area contributed by atoms with Crippen molar-refractivity contribution in [1.29, 1.82) is 0 Å². The molecule has 0 heterocycles. The fraction of sp³-hybridized carbons (Fsp3) is 0.500. The first-order valence-corrected chi connectivity index (χ1v) is 8.66. The van der Waals surface area contributed by atoms with Crippen LogP contribution in [0, 0.1) is 6.92 Å².